The van der Waals surface area contributed by atoms with Crippen molar-refractivity contribution in [3.8, 4) is 11.5 Å². The molecule has 0 spiro atoms. The summed E-state index contributed by atoms with van der Waals surface area (Å²) in [7, 11) is 4.56. The van der Waals surface area contributed by atoms with Gasteiger partial charge in [-0.3, -0.25) is 9.59 Å². The number of carbonyl (C=O) groups excluding carboxylic acids is 2. The minimum absolute atomic E-state index is 0.125. The molecule has 0 aliphatic carbocycles. The van der Waals surface area contributed by atoms with E-state index >= 15 is 0 Å². The van der Waals surface area contributed by atoms with Gasteiger partial charge >= 0.3 is 0 Å². The third kappa shape index (κ3) is 5.93. The number of rotatable bonds is 9. The van der Waals surface area contributed by atoms with E-state index in [4.69, 9.17) is 14.2 Å². The molecule has 0 saturated carbocycles. The molecule has 8 nitrogen and oxygen atoms in total. The number of amides is 2. The van der Waals surface area contributed by atoms with Gasteiger partial charge < -0.3 is 24.4 Å². The topological polar surface area (TPSA) is 90.0 Å². The molecule has 0 aliphatic heterocycles. The fourth-order valence-corrected chi connectivity index (χ4v) is 3.02. The molecule has 0 atom stereocenters. The monoisotopic (exact) mass is 393 g/mol. The molecule has 1 aromatic heterocycles. The maximum absolute atomic E-state index is 12.9. The average molecular weight is 393 g/mol. The van der Waals surface area contributed by atoms with Crippen LogP contribution in [0.1, 0.15) is 16.1 Å². The van der Waals surface area contributed by atoms with E-state index in [9.17, 15) is 9.59 Å². The van der Waals surface area contributed by atoms with Crippen LogP contribution in [0.3, 0.4) is 0 Å². The molecule has 2 aromatic rings. The number of ether oxygens (including phenoxy) is 3. The Labute approximate surface area is 162 Å². The van der Waals surface area contributed by atoms with Crippen molar-refractivity contribution in [1.29, 1.82) is 0 Å². The van der Waals surface area contributed by atoms with Crippen molar-refractivity contribution in [2.45, 2.75) is 6.92 Å². The number of methoxy groups -OCH3 is 3. The Morgan fingerprint density at radius 2 is 1.81 bits per heavy atom. The van der Waals surface area contributed by atoms with E-state index in [0.717, 1.165) is 5.69 Å². The first-order chi connectivity index (χ1) is 13.0. The van der Waals surface area contributed by atoms with Crippen LogP contribution in [0.25, 0.3) is 0 Å². The Bertz CT molecular complexity index is 771. The molecule has 2 amide bonds. The van der Waals surface area contributed by atoms with E-state index in [1.165, 1.54) is 37.6 Å². The molecule has 0 radical (unpaired) electrons. The van der Waals surface area contributed by atoms with Crippen LogP contribution in [0.15, 0.2) is 23.6 Å². The van der Waals surface area contributed by atoms with Gasteiger partial charge in [0.15, 0.2) is 5.13 Å². The number of benzene rings is 1. The minimum Gasteiger partial charge on any atom is -0.497 e. The molecule has 0 unspecified atom stereocenters. The first-order valence-electron chi connectivity index (χ1n) is 8.20. The van der Waals surface area contributed by atoms with E-state index in [1.54, 1.807) is 18.2 Å². The van der Waals surface area contributed by atoms with Crippen LogP contribution in [-0.4, -0.2) is 62.7 Å². The summed E-state index contributed by atoms with van der Waals surface area (Å²) in [4.78, 5) is 30.9. The summed E-state index contributed by atoms with van der Waals surface area (Å²) in [6, 6.07) is 4.88. The lowest BCUT2D eigenvalue weighted by Gasteiger charge is -2.22. The third-order valence-electron chi connectivity index (χ3n) is 3.65. The molecule has 0 aliphatic rings. The lowest BCUT2D eigenvalue weighted by molar-refractivity contribution is -0.117. The first-order valence-corrected chi connectivity index (χ1v) is 9.08. The van der Waals surface area contributed by atoms with E-state index in [0.29, 0.717) is 28.8 Å². The van der Waals surface area contributed by atoms with Gasteiger partial charge in [0.1, 0.15) is 18.0 Å². The number of anilines is 1. The van der Waals surface area contributed by atoms with Crippen molar-refractivity contribution in [1.82, 2.24) is 9.88 Å². The van der Waals surface area contributed by atoms with Gasteiger partial charge in [0.25, 0.3) is 5.91 Å². The number of hydrogen-bond acceptors (Lipinski definition) is 7. The molecular formula is C18H23N3O5S. The quantitative estimate of drug-likeness (QED) is 0.702. The molecule has 1 N–H and O–H groups in total. The van der Waals surface area contributed by atoms with Crippen LogP contribution in [0.5, 0.6) is 11.5 Å². The number of aromatic nitrogens is 1. The van der Waals surface area contributed by atoms with E-state index in [2.05, 4.69) is 10.3 Å². The molecule has 1 heterocycles. The van der Waals surface area contributed by atoms with E-state index in [1.807, 2.05) is 12.3 Å². The molecule has 1 aromatic carbocycles. The molecule has 0 saturated heterocycles. The molecule has 146 valence electrons. The zero-order chi connectivity index (χ0) is 19.8. The average Bonchev–Trinajstić information content (AvgIpc) is 3.08. The van der Waals surface area contributed by atoms with Crippen LogP contribution in [0.2, 0.25) is 0 Å². The molecular weight excluding hydrogens is 370 g/mol. The Morgan fingerprint density at radius 1 is 1.15 bits per heavy atom. The van der Waals surface area contributed by atoms with Gasteiger partial charge in [0.05, 0.1) is 26.5 Å². The SMILES string of the molecule is COCCN(CC(=O)Nc1nc(C)cs1)C(=O)c1cc(OC)cc(OC)c1. The van der Waals surface area contributed by atoms with Crippen LogP contribution < -0.4 is 14.8 Å². The highest BCUT2D eigenvalue weighted by Crippen LogP contribution is 2.23. The molecule has 27 heavy (non-hydrogen) atoms. The Hall–Kier alpha value is -2.65. The predicted molar refractivity (Wildman–Crippen MR) is 103 cm³/mol. The second-order valence-electron chi connectivity index (χ2n) is 5.66. The molecule has 9 heteroatoms. The number of hydrogen-bond donors (Lipinski definition) is 1. The molecule has 0 bridgehead atoms. The predicted octanol–water partition coefficient (Wildman–Crippen LogP) is 2.20. The zero-order valence-electron chi connectivity index (χ0n) is 15.8. The third-order valence-corrected chi connectivity index (χ3v) is 4.53. The van der Waals surface area contributed by atoms with Gasteiger partial charge in [-0.1, -0.05) is 0 Å². The van der Waals surface area contributed by atoms with E-state index < -0.39 is 0 Å². The van der Waals surface area contributed by atoms with Gasteiger partial charge in [-0.05, 0) is 19.1 Å². The van der Waals surface area contributed by atoms with Gasteiger partial charge in [0, 0.05) is 30.7 Å². The highest BCUT2D eigenvalue weighted by atomic mass is 32.1. The summed E-state index contributed by atoms with van der Waals surface area (Å²) < 4.78 is 15.5. The number of nitrogens with one attached hydrogen (secondary N) is 1. The zero-order valence-corrected chi connectivity index (χ0v) is 16.6. The van der Waals surface area contributed by atoms with Gasteiger partial charge in [0.2, 0.25) is 5.91 Å². The maximum atomic E-state index is 12.9. The number of nitrogens with zero attached hydrogens (tertiary/aromatic N) is 2. The number of carbonyl (C=O) groups is 2. The smallest absolute Gasteiger partial charge is 0.254 e. The van der Waals surface area contributed by atoms with Gasteiger partial charge in [-0.2, -0.15) is 0 Å². The van der Waals surface area contributed by atoms with Crippen molar-refractivity contribution in [2.24, 2.45) is 0 Å². The van der Waals surface area contributed by atoms with Crippen molar-refractivity contribution < 1.29 is 23.8 Å². The second-order valence-corrected chi connectivity index (χ2v) is 6.52. The minimum atomic E-state index is -0.330. The van der Waals surface area contributed by atoms with Crippen molar-refractivity contribution in [2.75, 3.05) is 46.3 Å². The first kappa shape index (κ1) is 20.7. The van der Waals surface area contributed by atoms with Crippen molar-refractivity contribution >= 4 is 28.3 Å². The van der Waals surface area contributed by atoms with Crippen molar-refractivity contribution in [3.05, 3.63) is 34.8 Å². The highest BCUT2D eigenvalue weighted by Gasteiger charge is 2.21. The summed E-state index contributed by atoms with van der Waals surface area (Å²) in [6.45, 7) is 2.28. The number of aryl methyl sites for hydroxylation is 1. The Morgan fingerprint density at radius 3 is 2.33 bits per heavy atom. The standard InChI is InChI=1S/C18H23N3O5S/c1-12-11-27-18(19-12)20-16(22)10-21(5-6-24-2)17(23)13-7-14(25-3)9-15(8-13)26-4/h7-9,11H,5-6,10H2,1-4H3,(H,19,20,22). The summed E-state index contributed by atoms with van der Waals surface area (Å²) in [5.41, 5.74) is 1.19. The van der Waals surface area contributed by atoms with Gasteiger partial charge in [-0.25, -0.2) is 4.98 Å². The van der Waals surface area contributed by atoms with Crippen LogP contribution in [0, 0.1) is 6.92 Å². The van der Waals surface area contributed by atoms with E-state index in [-0.39, 0.29) is 24.9 Å². The second kappa shape index (κ2) is 9.89. The van der Waals surface area contributed by atoms with Gasteiger partial charge in [-0.15, -0.1) is 11.3 Å². The largest absolute Gasteiger partial charge is 0.497 e. The Balaban J connectivity index is 2.16. The summed E-state index contributed by atoms with van der Waals surface area (Å²) in [5.74, 6) is 0.331. The van der Waals surface area contributed by atoms with Crippen LogP contribution >= 0.6 is 11.3 Å². The number of thiazole rings is 1. The fraction of sp³-hybridized carbons (Fsp3) is 0.389. The van der Waals surface area contributed by atoms with Crippen LogP contribution in [0.4, 0.5) is 5.13 Å². The lowest BCUT2D eigenvalue weighted by Crippen LogP contribution is -2.40. The lowest BCUT2D eigenvalue weighted by atomic mass is 10.1. The summed E-state index contributed by atoms with van der Waals surface area (Å²) >= 11 is 1.33. The molecule has 2 rings (SSSR count). The normalized spacial score (nSPS) is 10.4. The highest BCUT2D eigenvalue weighted by molar-refractivity contribution is 7.13. The van der Waals surface area contributed by atoms with Crippen LogP contribution in [-0.2, 0) is 9.53 Å². The molecule has 0 fully saturated rings. The summed E-state index contributed by atoms with van der Waals surface area (Å²) in [5, 5.41) is 5.04. The Kier molecular flexibility index (Phi) is 7.56. The fourth-order valence-electron chi connectivity index (χ4n) is 2.31. The van der Waals surface area contributed by atoms with Crippen molar-refractivity contribution in [3.63, 3.8) is 0 Å². The summed E-state index contributed by atoms with van der Waals surface area (Å²) in [6.07, 6.45) is 0. The maximum Gasteiger partial charge on any atom is 0.254 e.